The Morgan fingerprint density at radius 3 is 2.27 bits per heavy atom. The molecule has 9 N–H and O–H groups in total. The molecule has 0 spiro atoms. The molecule has 0 aliphatic carbocycles. The molecule has 3 rings (SSSR count). The van der Waals surface area contributed by atoms with Crippen LogP contribution >= 0.6 is 15.6 Å². The van der Waals surface area contributed by atoms with Crippen LogP contribution in [0.1, 0.15) is 13.2 Å². The van der Waals surface area contributed by atoms with E-state index in [1.165, 1.54) is 0 Å². The maximum Gasteiger partial charge on any atom is 0.483 e. The van der Waals surface area contributed by atoms with Gasteiger partial charge in [-0.05, 0) is 0 Å². The number of aliphatic hydroxyl groups excluding tert-OH is 4. The van der Waals surface area contributed by atoms with Gasteiger partial charge in [-0.2, -0.15) is 4.31 Å². The number of carboxylic acids is 1. The largest absolute Gasteiger partial charge is 0.483 e. The number of phosphoric acid groups is 2. The van der Waals surface area contributed by atoms with E-state index < -0.39 is 101 Å². The normalized spacial score (nSPS) is 35.4. The SMILES string of the molecule is CC(=O)N[C@@H]1[C@@H](OP(=O)(O)OP(=O)(O)OC[C@H]2O[C@@H](n3ccc(=O)[nH]c3=O)[C@H](O)[C@@H]2O)O[C@H](C(=O)O)[C@@H](O)[C@@H]1O. The number of ether oxygens (including phenoxy) is 2. The van der Waals surface area contributed by atoms with Crippen molar-refractivity contribution in [1.29, 1.82) is 0 Å². The zero-order chi connectivity index (χ0) is 30.2. The van der Waals surface area contributed by atoms with Gasteiger partial charge in [0.25, 0.3) is 5.56 Å². The standard InChI is InChI=1S/C17H25N3O18P2/c1-5(21)18-8-10(24)11(25)13(15(27)28)36-16(8)37-40(32,33)38-39(30,31)34-4-6-9(23)12(26)14(35-6)20-3-2-7(22)19-17(20)29/h2-3,6,8-14,16,23-26H,4H2,1H3,(H,18,21)(H,27,28)(H,30,31)(H,32,33)(H,19,22,29)/t6-,8+,9-,10-,11+,12-,13+,14-,16-/m1/s1. The van der Waals surface area contributed by atoms with Crippen LogP contribution in [0, 0.1) is 0 Å². The first kappa shape index (κ1) is 32.2. The first-order valence-corrected chi connectivity index (χ1v) is 14.0. The minimum Gasteiger partial charge on any atom is -0.479 e. The second-order valence-electron chi connectivity index (χ2n) is 8.45. The molecule has 2 saturated heterocycles. The van der Waals surface area contributed by atoms with Crippen LogP contribution in [-0.4, -0.2) is 112 Å². The maximum atomic E-state index is 12.4. The molecule has 226 valence electrons. The van der Waals surface area contributed by atoms with E-state index in [-0.39, 0.29) is 0 Å². The third kappa shape index (κ3) is 7.47. The summed E-state index contributed by atoms with van der Waals surface area (Å²) in [5.41, 5.74) is -1.79. The van der Waals surface area contributed by atoms with Gasteiger partial charge in [0.05, 0.1) is 6.61 Å². The molecule has 1 aromatic rings. The average Bonchev–Trinajstić information content (AvgIpc) is 3.09. The van der Waals surface area contributed by atoms with Crippen LogP contribution in [0.3, 0.4) is 0 Å². The number of hydrogen-bond donors (Lipinski definition) is 9. The van der Waals surface area contributed by atoms with Crippen molar-refractivity contribution in [3.63, 3.8) is 0 Å². The first-order chi connectivity index (χ1) is 18.4. The second kappa shape index (κ2) is 12.2. The number of aromatic nitrogens is 2. The predicted octanol–water partition coefficient (Wildman–Crippen LogP) is -4.56. The lowest BCUT2D eigenvalue weighted by atomic mass is 9.97. The molecule has 0 radical (unpaired) electrons. The number of H-pyrrole nitrogens is 1. The summed E-state index contributed by atoms with van der Waals surface area (Å²) in [6, 6.07) is -0.949. The Morgan fingerprint density at radius 2 is 1.70 bits per heavy atom. The Morgan fingerprint density at radius 1 is 1.05 bits per heavy atom. The lowest BCUT2D eigenvalue weighted by Gasteiger charge is -2.41. The molecule has 40 heavy (non-hydrogen) atoms. The third-order valence-corrected chi connectivity index (χ3v) is 8.12. The number of aliphatic hydroxyl groups is 4. The quantitative estimate of drug-likeness (QED) is 0.111. The Kier molecular flexibility index (Phi) is 9.85. The van der Waals surface area contributed by atoms with E-state index in [0.717, 1.165) is 19.2 Å². The number of carbonyl (C=O) groups is 2. The molecule has 0 saturated carbocycles. The Balaban J connectivity index is 1.68. The number of carboxylic acid groups (broad SMARTS) is 1. The van der Waals surface area contributed by atoms with Crippen LogP contribution in [0.5, 0.6) is 0 Å². The van der Waals surface area contributed by atoms with Crippen LogP contribution in [0.2, 0.25) is 0 Å². The number of phosphoric ester groups is 2. The van der Waals surface area contributed by atoms with Crippen molar-refractivity contribution in [1.82, 2.24) is 14.9 Å². The van der Waals surface area contributed by atoms with Crippen LogP contribution in [-0.2, 0) is 41.6 Å². The van der Waals surface area contributed by atoms with Gasteiger partial charge in [-0.15, -0.1) is 0 Å². The third-order valence-electron chi connectivity index (χ3n) is 5.52. The fourth-order valence-electron chi connectivity index (χ4n) is 3.74. The molecule has 1 aromatic heterocycles. The van der Waals surface area contributed by atoms with Gasteiger partial charge in [-0.1, -0.05) is 0 Å². The fourth-order valence-corrected chi connectivity index (χ4v) is 5.91. The second-order valence-corrected chi connectivity index (χ2v) is 11.5. The molecule has 2 aliphatic heterocycles. The van der Waals surface area contributed by atoms with E-state index in [9.17, 15) is 58.5 Å². The van der Waals surface area contributed by atoms with Crippen LogP contribution in [0.15, 0.2) is 21.9 Å². The van der Waals surface area contributed by atoms with Crippen molar-refractivity contribution in [2.45, 2.75) is 62.1 Å². The lowest BCUT2D eigenvalue weighted by Crippen LogP contribution is -2.65. The van der Waals surface area contributed by atoms with Gasteiger partial charge in [0.15, 0.2) is 18.6 Å². The lowest BCUT2D eigenvalue weighted by molar-refractivity contribution is -0.243. The highest BCUT2D eigenvalue weighted by molar-refractivity contribution is 7.61. The number of aliphatic carboxylic acids is 1. The summed E-state index contributed by atoms with van der Waals surface area (Å²) in [5.74, 6) is -2.72. The summed E-state index contributed by atoms with van der Waals surface area (Å²) in [7, 11) is -11.4. The number of nitrogens with one attached hydrogen (secondary N) is 2. The minimum atomic E-state index is -5.76. The summed E-state index contributed by atoms with van der Waals surface area (Å²) < 4.78 is 48.7. The number of amides is 1. The molecule has 1 amide bonds. The summed E-state index contributed by atoms with van der Waals surface area (Å²) >= 11 is 0. The summed E-state index contributed by atoms with van der Waals surface area (Å²) in [5, 5.41) is 51.6. The Bertz CT molecular complexity index is 1320. The van der Waals surface area contributed by atoms with Crippen molar-refractivity contribution < 1.29 is 76.9 Å². The number of nitrogens with zero attached hydrogens (tertiary/aromatic N) is 1. The van der Waals surface area contributed by atoms with Crippen LogP contribution in [0.4, 0.5) is 0 Å². The van der Waals surface area contributed by atoms with Crippen molar-refractivity contribution in [2.24, 2.45) is 0 Å². The highest BCUT2D eigenvalue weighted by atomic mass is 31.3. The molecule has 2 aliphatic rings. The highest BCUT2D eigenvalue weighted by Crippen LogP contribution is 2.61. The van der Waals surface area contributed by atoms with Gasteiger partial charge in [-0.25, -0.2) is 18.7 Å². The van der Waals surface area contributed by atoms with Gasteiger partial charge in [0, 0.05) is 19.2 Å². The highest BCUT2D eigenvalue weighted by Gasteiger charge is 2.52. The van der Waals surface area contributed by atoms with Crippen molar-refractivity contribution >= 4 is 27.5 Å². The van der Waals surface area contributed by atoms with Gasteiger partial charge in [0.1, 0.15) is 36.6 Å². The van der Waals surface area contributed by atoms with Crippen LogP contribution in [0.25, 0.3) is 0 Å². The number of hydrogen-bond acceptors (Lipinski definition) is 15. The first-order valence-electron chi connectivity index (χ1n) is 11.0. The van der Waals surface area contributed by atoms with Crippen molar-refractivity contribution in [2.75, 3.05) is 6.61 Å². The predicted molar refractivity (Wildman–Crippen MR) is 121 cm³/mol. The molecule has 3 heterocycles. The average molecular weight is 621 g/mol. The summed E-state index contributed by atoms with van der Waals surface area (Å²) in [4.78, 5) is 67.7. The summed E-state index contributed by atoms with van der Waals surface area (Å²) in [6.45, 7) is -0.153. The molecule has 0 aromatic carbocycles. The monoisotopic (exact) mass is 621 g/mol. The molecule has 11 atom stereocenters. The maximum absolute atomic E-state index is 12.4. The molecular weight excluding hydrogens is 596 g/mol. The van der Waals surface area contributed by atoms with Crippen molar-refractivity contribution in [3.8, 4) is 0 Å². The Labute approximate surface area is 221 Å². The van der Waals surface area contributed by atoms with Gasteiger partial charge >= 0.3 is 27.3 Å². The number of carbonyl (C=O) groups excluding carboxylic acids is 1. The molecule has 23 heteroatoms. The van der Waals surface area contributed by atoms with E-state index in [2.05, 4.69) is 13.4 Å². The van der Waals surface area contributed by atoms with Crippen molar-refractivity contribution in [3.05, 3.63) is 33.1 Å². The number of rotatable bonds is 10. The van der Waals surface area contributed by atoms with Gasteiger partial charge in [0.2, 0.25) is 5.91 Å². The topological polar surface area (TPSA) is 323 Å². The zero-order valence-corrected chi connectivity index (χ0v) is 21.8. The smallest absolute Gasteiger partial charge is 0.479 e. The fraction of sp³-hybridized carbons (Fsp3) is 0.647. The molecule has 21 nitrogen and oxygen atoms in total. The molecular formula is C17H25N3O18P2. The molecule has 2 unspecified atom stereocenters. The van der Waals surface area contributed by atoms with E-state index in [4.69, 9.17) is 14.6 Å². The van der Waals surface area contributed by atoms with E-state index in [0.29, 0.717) is 4.57 Å². The number of aromatic amines is 1. The van der Waals surface area contributed by atoms with E-state index >= 15 is 0 Å². The van der Waals surface area contributed by atoms with E-state index in [1.54, 1.807) is 0 Å². The summed E-state index contributed by atoms with van der Waals surface area (Å²) in [6.07, 6.45) is -14.7. The minimum absolute atomic E-state index is 0.700. The molecule has 0 bridgehead atoms. The van der Waals surface area contributed by atoms with Gasteiger partial charge < -0.3 is 50.1 Å². The molecule has 2 fully saturated rings. The van der Waals surface area contributed by atoms with Gasteiger partial charge in [-0.3, -0.25) is 28.2 Å². The zero-order valence-electron chi connectivity index (χ0n) is 20.0. The van der Waals surface area contributed by atoms with Crippen LogP contribution < -0.4 is 16.6 Å². The van der Waals surface area contributed by atoms with E-state index in [1.807, 2.05) is 10.3 Å². The Hall–Kier alpha value is -2.36.